The Kier molecular flexibility index (Phi) is 1.00. The quantitative estimate of drug-likeness (QED) is 0.462. The van der Waals surface area contributed by atoms with Crippen molar-refractivity contribution in [1.82, 2.24) is 9.71 Å². The molecule has 4 nitrogen and oxygen atoms in total. The molecule has 51 valence electrons. The first kappa shape index (κ1) is 5.46. The second kappa shape index (κ2) is 1.83. The monoisotopic (exact) mass is 137 g/mol. The summed E-state index contributed by atoms with van der Waals surface area (Å²) >= 11 is 0. The molecule has 0 saturated carbocycles. The second-order valence-corrected chi connectivity index (χ2v) is 2.00. The van der Waals surface area contributed by atoms with Crippen molar-refractivity contribution in [2.75, 3.05) is 6.61 Å². The molecular formula is C6H5N2O2. The van der Waals surface area contributed by atoms with E-state index in [0.717, 1.165) is 0 Å². The maximum Gasteiger partial charge on any atom is 0.294 e. The molecule has 0 aliphatic carbocycles. The molecule has 2 rings (SSSR count). The molecule has 0 saturated heterocycles. The Morgan fingerprint density at radius 1 is 1.80 bits per heavy atom. The summed E-state index contributed by atoms with van der Waals surface area (Å²) in [5, 5.41) is 0. The summed E-state index contributed by atoms with van der Waals surface area (Å²) in [6.45, 7) is 0.542. The maximum absolute atomic E-state index is 10.9. The molecule has 0 unspecified atom stereocenters. The lowest BCUT2D eigenvalue weighted by Crippen LogP contribution is -2.23. The van der Waals surface area contributed by atoms with Gasteiger partial charge >= 0.3 is 0 Å². The zero-order valence-corrected chi connectivity index (χ0v) is 5.20. The van der Waals surface area contributed by atoms with Gasteiger partial charge in [0.25, 0.3) is 5.56 Å². The van der Waals surface area contributed by atoms with Crippen LogP contribution >= 0.6 is 0 Å². The highest BCUT2D eigenvalue weighted by Crippen LogP contribution is 1.96. The highest BCUT2D eigenvalue weighted by molar-refractivity contribution is 4.93. The molecule has 0 N–H and O–H groups in total. The van der Waals surface area contributed by atoms with E-state index >= 15 is 0 Å². The highest BCUT2D eigenvalue weighted by atomic mass is 16.7. The molecule has 0 atom stereocenters. The molecule has 1 aromatic rings. The standard InChI is InChI=1S/C6H5N2O2/c9-6-1-3-7-5-2-4-10-8(5)6/h3H,2,4H2. The highest BCUT2D eigenvalue weighted by Gasteiger charge is 2.12. The van der Waals surface area contributed by atoms with E-state index in [4.69, 9.17) is 4.84 Å². The van der Waals surface area contributed by atoms with Gasteiger partial charge in [-0.25, -0.2) is 4.98 Å². The van der Waals surface area contributed by atoms with E-state index in [2.05, 4.69) is 11.1 Å². The SMILES string of the molecule is O=c1[c]cnc2n1OCC2. The van der Waals surface area contributed by atoms with Crippen molar-refractivity contribution < 1.29 is 4.84 Å². The van der Waals surface area contributed by atoms with E-state index in [9.17, 15) is 4.79 Å². The lowest BCUT2D eigenvalue weighted by Gasteiger charge is -1.96. The minimum Gasteiger partial charge on any atom is -0.409 e. The summed E-state index contributed by atoms with van der Waals surface area (Å²) in [7, 11) is 0. The molecule has 10 heavy (non-hydrogen) atoms. The van der Waals surface area contributed by atoms with Crippen molar-refractivity contribution in [3.63, 3.8) is 0 Å². The Hall–Kier alpha value is -1.32. The van der Waals surface area contributed by atoms with E-state index in [1.54, 1.807) is 0 Å². The summed E-state index contributed by atoms with van der Waals surface area (Å²) in [4.78, 5) is 19.7. The second-order valence-electron chi connectivity index (χ2n) is 2.00. The number of fused-ring (bicyclic) bond motifs is 1. The van der Waals surface area contributed by atoms with Crippen LogP contribution in [0.15, 0.2) is 11.0 Å². The van der Waals surface area contributed by atoms with Crippen LogP contribution in [-0.4, -0.2) is 16.3 Å². The smallest absolute Gasteiger partial charge is 0.294 e. The summed E-state index contributed by atoms with van der Waals surface area (Å²) in [5.74, 6) is 0.684. The van der Waals surface area contributed by atoms with Gasteiger partial charge in [-0.05, 0) is 0 Å². The summed E-state index contributed by atoms with van der Waals surface area (Å²) < 4.78 is 1.18. The predicted molar refractivity (Wildman–Crippen MR) is 32.5 cm³/mol. The van der Waals surface area contributed by atoms with E-state index in [1.165, 1.54) is 10.9 Å². The van der Waals surface area contributed by atoms with Gasteiger partial charge in [-0.15, -0.1) is 4.73 Å². The number of nitrogens with zero attached hydrogens (tertiary/aromatic N) is 2. The van der Waals surface area contributed by atoms with Crippen LogP contribution in [-0.2, 0) is 6.42 Å². The van der Waals surface area contributed by atoms with Gasteiger partial charge in [0.2, 0.25) is 0 Å². The molecule has 0 amide bonds. The fourth-order valence-electron chi connectivity index (χ4n) is 0.918. The molecule has 0 bridgehead atoms. The fraction of sp³-hybridized carbons (Fsp3) is 0.333. The average molecular weight is 137 g/mol. The maximum atomic E-state index is 10.9. The van der Waals surface area contributed by atoms with E-state index in [1.807, 2.05) is 0 Å². The molecular weight excluding hydrogens is 132 g/mol. The summed E-state index contributed by atoms with van der Waals surface area (Å²) in [5.41, 5.74) is -0.262. The van der Waals surface area contributed by atoms with Crippen LogP contribution in [0.2, 0.25) is 0 Å². The zero-order valence-electron chi connectivity index (χ0n) is 5.20. The van der Waals surface area contributed by atoms with Gasteiger partial charge in [0.05, 0.1) is 6.07 Å². The van der Waals surface area contributed by atoms with Gasteiger partial charge in [-0.1, -0.05) is 0 Å². The Bertz CT molecular complexity index is 305. The molecule has 0 aromatic carbocycles. The lowest BCUT2D eigenvalue weighted by atomic mass is 10.4. The molecule has 2 heterocycles. The number of hydrogen-bond donors (Lipinski definition) is 0. The Labute approximate surface area is 57.0 Å². The number of aromatic nitrogens is 2. The van der Waals surface area contributed by atoms with Crippen molar-refractivity contribution >= 4 is 0 Å². The minimum atomic E-state index is -0.262. The molecule has 0 fully saturated rings. The minimum absolute atomic E-state index is 0.262. The largest absolute Gasteiger partial charge is 0.409 e. The van der Waals surface area contributed by atoms with Gasteiger partial charge < -0.3 is 4.84 Å². The topological polar surface area (TPSA) is 44.1 Å². The van der Waals surface area contributed by atoms with Crippen LogP contribution < -0.4 is 10.4 Å². The van der Waals surface area contributed by atoms with E-state index in [0.29, 0.717) is 18.9 Å². The van der Waals surface area contributed by atoms with Crippen molar-refractivity contribution in [3.8, 4) is 0 Å². The van der Waals surface area contributed by atoms with Gasteiger partial charge in [0.15, 0.2) is 5.82 Å². The normalized spacial score (nSPS) is 14.4. The number of rotatable bonds is 0. The molecule has 0 spiro atoms. The molecule has 4 heteroatoms. The Morgan fingerprint density at radius 2 is 2.70 bits per heavy atom. The van der Waals surface area contributed by atoms with Crippen molar-refractivity contribution in [3.05, 3.63) is 28.4 Å². The fourth-order valence-corrected chi connectivity index (χ4v) is 0.918. The molecule has 1 aromatic heterocycles. The van der Waals surface area contributed by atoms with Gasteiger partial charge in [0, 0.05) is 12.6 Å². The van der Waals surface area contributed by atoms with Crippen LogP contribution in [0, 0.1) is 6.07 Å². The van der Waals surface area contributed by atoms with Crippen LogP contribution in [0.4, 0.5) is 0 Å². The Balaban J connectivity index is 2.70. The number of hydrogen-bond acceptors (Lipinski definition) is 3. The van der Waals surface area contributed by atoms with Crippen molar-refractivity contribution in [2.45, 2.75) is 6.42 Å². The first-order valence-corrected chi connectivity index (χ1v) is 3.00. The van der Waals surface area contributed by atoms with Gasteiger partial charge in [0.1, 0.15) is 6.61 Å². The first-order valence-electron chi connectivity index (χ1n) is 3.00. The van der Waals surface area contributed by atoms with Gasteiger partial charge in [-0.3, -0.25) is 4.79 Å². The zero-order chi connectivity index (χ0) is 6.97. The summed E-state index contributed by atoms with van der Waals surface area (Å²) in [6, 6.07) is 2.40. The molecule has 1 aliphatic rings. The van der Waals surface area contributed by atoms with Crippen molar-refractivity contribution in [2.24, 2.45) is 0 Å². The van der Waals surface area contributed by atoms with Gasteiger partial charge in [-0.2, -0.15) is 0 Å². The Morgan fingerprint density at radius 3 is 3.50 bits per heavy atom. The molecule has 1 radical (unpaired) electrons. The third-order valence-electron chi connectivity index (χ3n) is 1.37. The molecule has 1 aliphatic heterocycles. The average Bonchev–Trinajstić information content (AvgIpc) is 2.36. The third-order valence-corrected chi connectivity index (χ3v) is 1.37. The van der Waals surface area contributed by atoms with E-state index < -0.39 is 0 Å². The summed E-state index contributed by atoms with van der Waals surface area (Å²) in [6.07, 6.45) is 2.09. The van der Waals surface area contributed by atoms with E-state index in [-0.39, 0.29) is 5.56 Å². The van der Waals surface area contributed by atoms with Crippen LogP contribution in [0.3, 0.4) is 0 Å². The first-order chi connectivity index (χ1) is 4.88. The van der Waals surface area contributed by atoms with Crippen molar-refractivity contribution in [1.29, 1.82) is 0 Å². The lowest BCUT2D eigenvalue weighted by molar-refractivity contribution is 0.140. The van der Waals surface area contributed by atoms with Crippen LogP contribution in [0.5, 0.6) is 0 Å². The third kappa shape index (κ3) is 0.618. The van der Waals surface area contributed by atoms with Crippen LogP contribution in [0.25, 0.3) is 0 Å². The van der Waals surface area contributed by atoms with Crippen LogP contribution in [0.1, 0.15) is 5.82 Å². The predicted octanol–water partition coefficient (Wildman–Crippen LogP) is -0.972.